The zero-order valence-electron chi connectivity index (χ0n) is 10.2. The van der Waals surface area contributed by atoms with Crippen LogP contribution in [-0.4, -0.2) is 5.97 Å². The Balaban J connectivity index is 2.17. The number of rotatable bonds is 0. The highest BCUT2D eigenvalue weighted by Gasteiger charge is 2.43. The van der Waals surface area contributed by atoms with Gasteiger partial charge in [0.1, 0.15) is 6.10 Å². The average Bonchev–Trinajstić information content (AvgIpc) is 2.60. The molecule has 2 atom stereocenters. The van der Waals surface area contributed by atoms with Gasteiger partial charge in [-0.3, -0.25) is 0 Å². The van der Waals surface area contributed by atoms with Crippen molar-refractivity contribution in [2.24, 2.45) is 5.92 Å². The molecule has 1 heterocycles. The summed E-state index contributed by atoms with van der Waals surface area (Å²) in [6, 6.07) is 4.27. The Kier molecular flexibility index (Phi) is 2.15. The van der Waals surface area contributed by atoms with Crippen LogP contribution in [0.3, 0.4) is 0 Å². The highest BCUT2D eigenvalue weighted by Crippen LogP contribution is 2.47. The topological polar surface area (TPSA) is 26.3 Å². The lowest BCUT2D eigenvalue weighted by Crippen LogP contribution is -2.19. The lowest BCUT2D eigenvalue weighted by molar-refractivity contribution is -0.139. The molecule has 2 aliphatic rings. The van der Waals surface area contributed by atoms with Crippen molar-refractivity contribution in [2.75, 3.05) is 0 Å². The second kappa shape index (κ2) is 3.46. The Morgan fingerprint density at radius 2 is 2.00 bits per heavy atom. The smallest absolute Gasteiger partial charge is 0.334 e. The molecule has 1 aromatic rings. The van der Waals surface area contributed by atoms with Crippen molar-refractivity contribution in [1.29, 1.82) is 0 Å². The van der Waals surface area contributed by atoms with Crippen LogP contribution in [0.15, 0.2) is 24.3 Å². The standard InChI is InChI=1S/C15H16O2/c1-8-4-5-9(2)13-11(8)6-7-12-10(3)15(16)17-14(12)13/h4-5,12,14H,3,6-7H2,1-2H3. The molecular formula is C15H16O2. The van der Waals surface area contributed by atoms with Gasteiger partial charge in [0.2, 0.25) is 0 Å². The van der Waals surface area contributed by atoms with E-state index in [1.807, 2.05) is 0 Å². The van der Waals surface area contributed by atoms with Crippen molar-refractivity contribution in [3.8, 4) is 0 Å². The van der Waals surface area contributed by atoms with E-state index in [0.717, 1.165) is 12.8 Å². The monoisotopic (exact) mass is 228 g/mol. The Morgan fingerprint density at radius 1 is 1.29 bits per heavy atom. The van der Waals surface area contributed by atoms with Gasteiger partial charge in [-0.1, -0.05) is 18.7 Å². The lowest BCUT2D eigenvalue weighted by Gasteiger charge is -2.29. The summed E-state index contributed by atoms with van der Waals surface area (Å²) in [5.74, 6) is -0.0238. The van der Waals surface area contributed by atoms with Gasteiger partial charge in [-0.2, -0.15) is 0 Å². The molecule has 0 amide bonds. The molecule has 0 spiro atoms. The number of carbonyl (C=O) groups is 1. The van der Waals surface area contributed by atoms with Crippen LogP contribution in [-0.2, 0) is 16.0 Å². The third-order valence-corrected chi connectivity index (χ3v) is 4.11. The normalized spacial score (nSPS) is 26.5. The van der Waals surface area contributed by atoms with Crippen molar-refractivity contribution >= 4 is 5.97 Å². The number of aryl methyl sites for hydroxylation is 2. The molecule has 2 nitrogen and oxygen atoms in total. The molecule has 1 fully saturated rings. The molecule has 3 rings (SSSR count). The van der Waals surface area contributed by atoms with Crippen LogP contribution in [0.25, 0.3) is 0 Å². The largest absolute Gasteiger partial charge is 0.453 e. The van der Waals surface area contributed by atoms with E-state index in [2.05, 4.69) is 32.6 Å². The van der Waals surface area contributed by atoms with Gasteiger partial charge >= 0.3 is 5.97 Å². The first-order valence-electron chi connectivity index (χ1n) is 6.08. The van der Waals surface area contributed by atoms with Crippen LogP contribution in [0.1, 0.15) is 34.8 Å². The second-order valence-corrected chi connectivity index (χ2v) is 5.09. The maximum atomic E-state index is 11.6. The minimum atomic E-state index is -0.214. The Bertz CT molecular complexity index is 528. The molecule has 0 aromatic heterocycles. The molecule has 1 saturated heterocycles. The Hall–Kier alpha value is -1.57. The molecule has 1 aliphatic heterocycles. The molecule has 17 heavy (non-hydrogen) atoms. The lowest BCUT2D eigenvalue weighted by atomic mass is 9.76. The summed E-state index contributed by atoms with van der Waals surface area (Å²) in [6.45, 7) is 8.09. The maximum Gasteiger partial charge on any atom is 0.334 e. The fourth-order valence-corrected chi connectivity index (χ4v) is 3.11. The van der Waals surface area contributed by atoms with Crippen LogP contribution in [0, 0.1) is 19.8 Å². The molecule has 0 saturated carbocycles. The molecule has 2 unspecified atom stereocenters. The summed E-state index contributed by atoms with van der Waals surface area (Å²) in [4.78, 5) is 11.6. The fraction of sp³-hybridized carbons (Fsp3) is 0.400. The van der Waals surface area contributed by atoms with E-state index in [9.17, 15) is 4.79 Å². The van der Waals surface area contributed by atoms with Crippen LogP contribution in [0.5, 0.6) is 0 Å². The van der Waals surface area contributed by atoms with Crippen molar-refractivity contribution in [1.82, 2.24) is 0 Å². The maximum absolute atomic E-state index is 11.6. The molecule has 0 radical (unpaired) electrons. The van der Waals surface area contributed by atoms with Crippen LogP contribution >= 0.6 is 0 Å². The molecule has 0 N–H and O–H groups in total. The van der Waals surface area contributed by atoms with Crippen LogP contribution < -0.4 is 0 Å². The number of esters is 1. The molecule has 88 valence electrons. The van der Waals surface area contributed by atoms with Gasteiger partial charge in [-0.05, 0) is 48.9 Å². The highest BCUT2D eigenvalue weighted by atomic mass is 16.6. The zero-order chi connectivity index (χ0) is 12.2. The second-order valence-electron chi connectivity index (χ2n) is 5.09. The average molecular weight is 228 g/mol. The predicted molar refractivity (Wildman–Crippen MR) is 65.7 cm³/mol. The van der Waals surface area contributed by atoms with Gasteiger partial charge in [-0.15, -0.1) is 0 Å². The number of fused-ring (bicyclic) bond motifs is 3. The van der Waals surface area contributed by atoms with E-state index in [1.54, 1.807) is 0 Å². The van der Waals surface area contributed by atoms with Gasteiger partial charge < -0.3 is 4.74 Å². The summed E-state index contributed by atoms with van der Waals surface area (Å²) < 4.78 is 5.50. The van der Waals surface area contributed by atoms with Gasteiger partial charge in [-0.25, -0.2) is 4.79 Å². The van der Waals surface area contributed by atoms with Gasteiger partial charge in [0.15, 0.2) is 0 Å². The van der Waals surface area contributed by atoms with Crippen molar-refractivity contribution in [3.63, 3.8) is 0 Å². The summed E-state index contributed by atoms with van der Waals surface area (Å²) in [5, 5.41) is 0. The highest BCUT2D eigenvalue weighted by molar-refractivity contribution is 5.91. The zero-order valence-corrected chi connectivity index (χ0v) is 10.2. The van der Waals surface area contributed by atoms with E-state index in [0.29, 0.717) is 5.57 Å². The third kappa shape index (κ3) is 1.36. The first-order chi connectivity index (χ1) is 8.09. The number of carbonyl (C=O) groups excluding carboxylic acids is 1. The summed E-state index contributed by atoms with van der Waals surface area (Å²) >= 11 is 0. The number of ether oxygens (including phenoxy) is 1. The summed E-state index contributed by atoms with van der Waals surface area (Å²) in [6.07, 6.45) is 1.92. The van der Waals surface area contributed by atoms with Gasteiger partial charge in [0.25, 0.3) is 0 Å². The first kappa shape index (κ1) is 10.6. The number of hydrogen-bond acceptors (Lipinski definition) is 2. The Labute approximate surface area is 101 Å². The number of benzene rings is 1. The van der Waals surface area contributed by atoms with E-state index in [4.69, 9.17) is 4.74 Å². The fourth-order valence-electron chi connectivity index (χ4n) is 3.11. The van der Waals surface area contributed by atoms with E-state index in [1.165, 1.54) is 22.3 Å². The minimum absolute atomic E-state index is 0.0846. The van der Waals surface area contributed by atoms with Crippen molar-refractivity contribution < 1.29 is 9.53 Å². The van der Waals surface area contributed by atoms with Crippen LogP contribution in [0.4, 0.5) is 0 Å². The Morgan fingerprint density at radius 3 is 2.76 bits per heavy atom. The van der Waals surface area contributed by atoms with Gasteiger partial charge in [0, 0.05) is 11.5 Å². The molecule has 2 heteroatoms. The SMILES string of the molecule is C=C1C(=O)OC2c3c(C)ccc(C)c3CCC12. The molecular weight excluding hydrogens is 212 g/mol. The van der Waals surface area contributed by atoms with Crippen molar-refractivity contribution in [2.45, 2.75) is 32.8 Å². The number of hydrogen-bond donors (Lipinski definition) is 0. The summed E-state index contributed by atoms with van der Waals surface area (Å²) in [5.41, 5.74) is 5.78. The first-order valence-corrected chi connectivity index (χ1v) is 6.08. The molecule has 0 bridgehead atoms. The van der Waals surface area contributed by atoms with Crippen molar-refractivity contribution in [3.05, 3.63) is 46.5 Å². The predicted octanol–water partition coefficient (Wildman–Crippen LogP) is 3.02. The van der Waals surface area contributed by atoms with Crippen LogP contribution in [0.2, 0.25) is 0 Å². The molecule has 1 aliphatic carbocycles. The van der Waals surface area contributed by atoms with E-state index >= 15 is 0 Å². The van der Waals surface area contributed by atoms with Gasteiger partial charge in [0.05, 0.1) is 0 Å². The quantitative estimate of drug-likeness (QED) is 0.504. The minimum Gasteiger partial charge on any atom is -0.453 e. The summed E-state index contributed by atoms with van der Waals surface area (Å²) in [7, 11) is 0. The third-order valence-electron chi connectivity index (χ3n) is 4.11. The molecule has 1 aromatic carbocycles. The van der Waals surface area contributed by atoms with E-state index in [-0.39, 0.29) is 18.0 Å². The van der Waals surface area contributed by atoms with E-state index < -0.39 is 0 Å².